The number of hydrogen-bond acceptors (Lipinski definition) is 5. The minimum Gasteiger partial charge on any atom is -0.397 e. The van der Waals surface area contributed by atoms with Crippen LogP contribution >= 0.6 is 27.3 Å². The number of amides is 1. The van der Waals surface area contributed by atoms with E-state index < -0.39 is 6.10 Å². The number of nitriles is 1. The Morgan fingerprint density at radius 3 is 3.10 bits per heavy atom. The van der Waals surface area contributed by atoms with E-state index in [1.807, 2.05) is 24.3 Å². The van der Waals surface area contributed by atoms with Gasteiger partial charge in [-0.15, -0.1) is 11.3 Å². The standard InChI is InChI=1S/C14H12BrN3O2S/c15-9-2-1-3-10-11(9)12(17)13(21-10)14(19)18-4-5-20-8(6-16)7-18/h1-3,8H,4-5,7,17H2. The number of fused-ring (bicyclic) bond motifs is 1. The fourth-order valence-electron chi connectivity index (χ4n) is 2.34. The molecule has 1 fully saturated rings. The van der Waals surface area contributed by atoms with Crippen molar-refractivity contribution in [2.24, 2.45) is 0 Å². The van der Waals surface area contributed by atoms with Crippen LogP contribution in [-0.2, 0) is 4.74 Å². The van der Waals surface area contributed by atoms with Crippen molar-refractivity contribution >= 4 is 48.9 Å². The Hall–Kier alpha value is -1.62. The molecule has 3 rings (SSSR count). The molecular formula is C14H12BrN3O2S. The maximum atomic E-state index is 12.6. The lowest BCUT2D eigenvalue weighted by molar-refractivity contribution is 0.00374. The Bertz CT molecular complexity index is 752. The zero-order chi connectivity index (χ0) is 15.0. The minimum absolute atomic E-state index is 0.135. The Labute approximate surface area is 134 Å². The third-order valence-corrected chi connectivity index (χ3v) is 5.21. The minimum atomic E-state index is -0.565. The number of nitrogens with zero attached hydrogens (tertiary/aromatic N) is 2. The molecule has 7 heteroatoms. The lowest BCUT2D eigenvalue weighted by Gasteiger charge is -2.29. The number of benzene rings is 1. The summed E-state index contributed by atoms with van der Waals surface area (Å²) >= 11 is 4.84. The summed E-state index contributed by atoms with van der Waals surface area (Å²) in [6, 6.07) is 7.80. The summed E-state index contributed by atoms with van der Waals surface area (Å²) in [5, 5.41) is 9.80. The molecule has 0 aliphatic carbocycles. The van der Waals surface area contributed by atoms with Crippen molar-refractivity contribution in [2.75, 3.05) is 25.4 Å². The van der Waals surface area contributed by atoms with E-state index >= 15 is 0 Å². The van der Waals surface area contributed by atoms with Gasteiger partial charge >= 0.3 is 0 Å². The van der Waals surface area contributed by atoms with Crippen molar-refractivity contribution in [3.8, 4) is 6.07 Å². The number of nitrogen functional groups attached to an aromatic ring is 1. The molecule has 1 unspecified atom stereocenters. The molecule has 5 nitrogen and oxygen atoms in total. The number of thiophene rings is 1. The van der Waals surface area contributed by atoms with Crippen molar-refractivity contribution in [1.29, 1.82) is 5.26 Å². The number of carbonyl (C=O) groups is 1. The van der Waals surface area contributed by atoms with E-state index in [1.165, 1.54) is 11.3 Å². The lowest BCUT2D eigenvalue weighted by Crippen LogP contribution is -2.45. The zero-order valence-corrected chi connectivity index (χ0v) is 13.4. The first kappa shape index (κ1) is 14.3. The highest BCUT2D eigenvalue weighted by Gasteiger charge is 2.28. The first-order chi connectivity index (χ1) is 10.1. The Morgan fingerprint density at radius 1 is 1.57 bits per heavy atom. The number of nitrogens with two attached hydrogens (primary N) is 1. The number of halogens is 1. The molecule has 0 radical (unpaired) electrons. The fourth-order valence-corrected chi connectivity index (χ4v) is 4.17. The van der Waals surface area contributed by atoms with Gasteiger partial charge in [0.05, 0.1) is 24.9 Å². The number of morpholine rings is 1. The first-order valence-corrected chi connectivity index (χ1v) is 7.99. The molecule has 1 aliphatic heterocycles. The lowest BCUT2D eigenvalue weighted by atomic mass is 10.2. The molecule has 0 bridgehead atoms. The molecule has 1 saturated heterocycles. The van der Waals surface area contributed by atoms with Crippen molar-refractivity contribution < 1.29 is 9.53 Å². The van der Waals surface area contributed by atoms with Gasteiger partial charge in [0, 0.05) is 21.1 Å². The van der Waals surface area contributed by atoms with Gasteiger partial charge in [-0.3, -0.25) is 4.79 Å². The monoisotopic (exact) mass is 365 g/mol. The van der Waals surface area contributed by atoms with E-state index in [-0.39, 0.29) is 12.5 Å². The van der Waals surface area contributed by atoms with E-state index in [0.717, 1.165) is 14.6 Å². The van der Waals surface area contributed by atoms with Crippen molar-refractivity contribution in [2.45, 2.75) is 6.10 Å². The van der Waals surface area contributed by atoms with Gasteiger partial charge in [-0.2, -0.15) is 5.26 Å². The molecule has 0 saturated carbocycles. The van der Waals surface area contributed by atoms with Gasteiger partial charge in [0.1, 0.15) is 4.88 Å². The van der Waals surface area contributed by atoms with Crippen LogP contribution in [0, 0.1) is 11.3 Å². The molecular weight excluding hydrogens is 354 g/mol. The maximum absolute atomic E-state index is 12.6. The summed E-state index contributed by atoms with van der Waals surface area (Å²) in [5.74, 6) is -0.135. The molecule has 2 heterocycles. The number of hydrogen-bond donors (Lipinski definition) is 1. The highest BCUT2D eigenvalue weighted by molar-refractivity contribution is 9.10. The van der Waals surface area contributed by atoms with E-state index in [9.17, 15) is 4.79 Å². The van der Waals surface area contributed by atoms with Crippen LogP contribution in [0.4, 0.5) is 5.69 Å². The predicted octanol–water partition coefficient (Wildman–Crippen LogP) is 2.61. The van der Waals surface area contributed by atoms with Gasteiger partial charge in [-0.25, -0.2) is 0 Å². The van der Waals surface area contributed by atoms with E-state index in [0.29, 0.717) is 23.7 Å². The van der Waals surface area contributed by atoms with Crippen molar-refractivity contribution in [3.63, 3.8) is 0 Å². The molecule has 1 amide bonds. The summed E-state index contributed by atoms with van der Waals surface area (Å²) in [6.45, 7) is 1.13. The van der Waals surface area contributed by atoms with Gasteiger partial charge in [-0.05, 0) is 12.1 Å². The summed E-state index contributed by atoms with van der Waals surface area (Å²) in [5.41, 5.74) is 6.64. The van der Waals surface area contributed by atoms with Gasteiger partial charge in [0.2, 0.25) is 0 Å². The molecule has 1 atom stereocenters. The third-order valence-electron chi connectivity index (χ3n) is 3.39. The average Bonchev–Trinajstić information content (AvgIpc) is 2.85. The fraction of sp³-hybridized carbons (Fsp3) is 0.286. The van der Waals surface area contributed by atoms with Gasteiger partial charge in [0.25, 0.3) is 5.91 Å². The van der Waals surface area contributed by atoms with Crippen LogP contribution < -0.4 is 5.73 Å². The molecule has 1 aromatic heterocycles. The molecule has 1 aliphatic rings. The highest BCUT2D eigenvalue weighted by atomic mass is 79.9. The summed E-state index contributed by atoms with van der Waals surface area (Å²) < 4.78 is 7.11. The van der Waals surface area contributed by atoms with Crippen LogP contribution in [0.2, 0.25) is 0 Å². The van der Waals surface area contributed by atoms with Crippen LogP contribution in [0.1, 0.15) is 9.67 Å². The molecule has 2 aromatic rings. The number of rotatable bonds is 1. The quantitative estimate of drug-likeness (QED) is 0.842. The number of ether oxygens (including phenoxy) is 1. The van der Waals surface area contributed by atoms with Gasteiger partial charge < -0.3 is 15.4 Å². The van der Waals surface area contributed by atoms with Gasteiger partial charge in [-0.1, -0.05) is 22.0 Å². The van der Waals surface area contributed by atoms with E-state index in [2.05, 4.69) is 15.9 Å². The van der Waals surface area contributed by atoms with E-state index in [1.54, 1.807) is 4.90 Å². The first-order valence-electron chi connectivity index (χ1n) is 6.39. The second-order valence-electron chi connectivity index (χ2n) is 4.70. The SMILES string of the molecule is N#CC1CN(C(=O)c2sc3cccc(Br)c3c2N)CCO1. The third kappa shape index (κ3) is 2.50. The largest absolute Gasteiger partial charge is 0.397 e. The normalized spacial score (nSPS) is 18.7. The van der Waals surface area contributed by atoms with Gasteiger partial charge in [0.15, 0.2) is 6.10 Å². The average molecular weight is 366 g/mol. The van der Waals surface area contributed by atoms with Crippen LogP contribution in [0.5, 0.6) is 0 Å². The van der Waals surface area contributed by atoms with Crippen molar-refractivity contribution in [1.82, 2.24) is 4.90 Å². The Kier molecular flexibility index (Phi) is 3.85. The predicted molar refractivity (Wildman–Crippen MR) is 85.2 cm³/mol. The molecule has 0 spiro atoms. The number of carbonyl (C=O) groups excluding carboxylic acids is 1. The van der Waals surface area contributed by atoms with Crippen LogP contribution in [0.25, 0.3) is 10.1 Å². The molecule has 21 heavy (non-hydrogen) atoms. The Morgan fingerprint density at radius 2 is 2.38 bits per heavy atom. The topological polar surface area (TPSA) is 79.4 Å². The summed E-state index contributed by atoms with van der Waals surface area (Å²) in [4.78, 5) is 14.8. The summed E-state index contributed by atoms with van der Waals surface area (Å²) in [6.07, 6.45) is -0.565. The van der Waals surface area contributed by atoms with Crippen molar-refractivity contribution in [3.05, 3.63) is 27.5 Å². The van der Waals surface area contributed by atoms with Crippen LogP contribution in [0.15, 0.2) is 22.7 Å². The maximum Gasteiger partial charge on any atom is 0.266 e. The Balaban J connectivity index is 1.97. The second-order valence-corrected chi connectivity index (χ2v) is 6.60. The van der Waals surface area contributed by atoms with Crippen LogP contribution in [-0.4, -0.2) is 36.6 Å². The number of anilines is 1. The van der Waals surface area contributed by atoms with Crippen LogP contribution in [0.3, 0.4) is 0 Å². The molecule has 1 aromatic carbocycles. The van der Waals surface area contributed by atoms with E-state index in [4.69, 9.17) is 15.7 Å². The molecule has 2 N–H and O–H groups in total. The molecule has 108 valence electrons. The summed E-state index contributed by atoms with van der Waals surface area (Å²) in [7, 11) is 0. The smallest absolute Gasteiger partial charge is 0.266 e. The second kappa shape index (κ2) is 5.64. The zero-order valence-electron chi connectivity index (χ0n) is 11.0. The highest BCUT2D eigenvalue weighted by Crippen LogP contribution is 2.38.